The zero-order valence-corrected chi connectivity index (χ0v) is 16.5. The van der Waals surface area contributed by atoms with Crippen LogP contribution in [0.15, 0.2) is 69.7 Å². The molecule has 4 aromatic rings. The largest absolute Gasteiger partial charge is 0.486 e. The first-order chi connectivity index (χ1) is 15.0. The second-order valence-corrected chi connectivity index (χ2v) is 6.79. The molecular formula is C23H18F2N2O4. The van der Waals surface area contributed by atoms with Crippen molar-refractivity contribution < 1.29 is 27.1 Å². The van der Waals surface area contributed by atoms with Crippen molar-refractivity contribution in [1.29, 1.82) is 0 Å². The lowest BCUT2D eigenvalue weighted by Gasteiger charge is -2.10. The summed E-state index contributed by atoms with van der Waals surface area (Å²) < 4.78 is 43.7. The third-order valence-electron chi connectivity index (χ3n) is 4.45. The predicted octanol–water partition coefficient (Wildman–Crippen LogP) is 5.28. The number of hydrogen-bond acceptors (Lipinski definition) is 5. The van der Waals surface area contributed by atoms with Gasteiger partial charge in [0.2, 0.25) is 5.91 Å². The van der Waals surface area contributed by atoms with Crippen LogP contribution in [0.3, 0.4) is 0 Å². The number of ether oxygens (including phenoxy) is 1. The lowest BCUT2D eigenvalue weighted by atomic mass is 10.2. The maximum absolute atomic E-state index is 14.3. The van der Waals surface area contributed by atoms with E-state index in [-0.39, 0.29) is 36.3 Å². The highest BCUT2D eigenvalue weighted by atomic mass is 19.1. The number of oxazole rings is 1. The van der Waals surface area contributed by atoms with Crippen LogP contribution in [-0.4, -0.2) is 10.9 Å². The highest BCUT2D eigenvalue weighted by Crippen LogP contribution is 2.24. The van der Waals surface area contributed by atoms with Gasteiger partial charge >= 0.3 is 0 Å². The van der Waals surface area contributed by atoms with Crippen LogP contribution in [0.25, 0.3) is 11.7 Å². The molecule has 31 heavy (non-hydrogen) atoms. The zero-order valence-electron chi connectivity index (χ0n) is 16.5. The Morgan fingerprint density at radius 3 is 2.74 bits per heavy atom. The lowest BCUT2D eigenvalue weighted by molar-refractivity contribution is -0.115. The Kier molecular flexibility index (Phi) is 5.79. The molecular weight excluding hydrogens is 406 g/mol. The van der Waals surface area contributed by atoms with Gasteiger partial charge in [-0.15, -0.1) is 0 Å². The number of anilines is 1. The molecule has 2 aromatic carbocycles. The van der Waals surface area contributed by atoms with Crippen LogP contribution < -0.4 is 10.1 Å². The molecule has 0 bridgehead atoms. The van der Waals surface area contributed by atoms with Crippen LogP contribution in [0.2, 0.25) is 0 Å². The Balaban J connectivity index is 1.37. The molecule has 0 radical (unpaired) electrons. The minimum absolute atomic E-state index is 0.00213. The number of halogens is 2. The molecule has 1 amide bonds. The highest BCUT2D eigenvalue weighted by molar-refractivity contribution is 5.92. The van der Waals surface area contributed by atoms with Crippen LogP contribution in [0.4, 0.5) is 14.5 Å². The molecule has 0 aliphatic heterocycles. The maximum atomic E-state index is 14.3. The predicted molar refractivity (Wildman–Crippen MR) is 108 cm³/mol. The normalized spacial score (nSPS) is 10.8. The molecule has 2 heterocycles. The van der Waals surface area contributed by atoms with Crippen molar-refractivity contribution in [2.45, 2.75) is 20.0 Å². The van der Waals surface area contributed by atoms with E-state index < -0.39 is 11.6 Å². The van der Waals surface area contributed by atoms with Crippen molar-refractivity contribution in [3.8, 4) is 17.4 Å². The molecule has 0 aliphatic rings. The first kappa shape index (κ1) is 20.3. The van der Waals surface area contributed by atoms with E-state index in [1.165, 1.54) is 30.5 Å². The molecule has 0 fully saturated rings. The number of aryl methyl sites for hydroxylation is 1. The maximum Gasteiger partial charge on any atom is 0.263 e. The third kappa shape index (κ3) is 4.98. The first-order valence-electron chi connectivity index (χ1n) is 9.45. The average Bonchev–Trinajstić information content (AvgIpc) is 3.38. The van der Waals surface area contributed by atoms with Gasteiger partial charge in [-0.1, -0.05) is 12.1 Å². The molecule has 1 N–H and O–H groups in total. The van der Waals surface area contributed by atoms with Crippen LogP contribution in [-0.2, 0) is 17.8 Å². The standard InChI is InChI=1S/C23H18F2N2O4/c1-14-19(27-23(31-14)21-6-3-9-29-21)12-22(28)26-17-7-8-20(18(25)11-17)30-13-15-4-2-5-16(24)10-15/h2-11H,12-13H2,1H3,(H,26,28). The molecule has 0 unspecified atom stereocenters. The number of furan rings is 1. The van der Waals surface area contributed by atoms with Crippen molar-refractivity contribution in [3.05, 3.63) is 89.5 Å². The number of nitrogens with zero attached hydrogens (tertiary/aromatic N) is 1. The van der Waals surface area contributed by atoms with Crippen molar-refractivity contribution in [2.24, 2.45) is 0 Å². The lowest BCUT2D eigenvalue weighted by Crippen LogP contribution is -2.15. The molecule has 2 aromatic heterocycles. The number of hydrogen-bond donors (Lipinski definition) is 1. The minimum atomic E-state index is -0.646. The van der Waals surface area contributed by atoms with Crippen LogP contribution in [0.5, 0.6) is 5.75 Å². The fourth-order valence-electron chi connectivity index (χ4n) is 2.94. The van der Waals surface area contributed by atoms with Gasteiger partial charge in [-0.25, -0.2) is 13.8 Å². The topological polar surface area (TPSA) is 77.5 Å². The second-order valence-electron chi connectivity index (χ2n) is 6.79. The Morgan fingerprint density at radius 2 is 2.00 bits per heavy atom. The summed E-state index contributed by atoms with van der Waals surface area (Å²) >= 11 is 0. The monoisotopic (exact) mass is 424 g/mol. The molecule has 6 nitrogen and oxygen atoms in total. The van der Waals surface area contributed by atoms with E-state index in [2.05, 4.69) is 10.3 Å². The number of benzene rings is 2. The van der Waals surface area contributed by atoms with Crippen molar-refractivity contribution in [3.63, 3.8) is 0 Å². The fraction of sp³-hybridized carbons (Fsp3) is 0.130. The van der Waals surface area contributed by atoms with Gasteiger partial charge in [0, 0.05) is 11.8 Å². The molecule has 4 rings (SSSR count). The van der Waals surface area contributed by atoms with Gasteiger partial charge in [-0.3, -0.25) is 4.79 Å². The average molecular weight is 424 g/mol. The first-order valence-corrected chi connectivity index (χ1v) is 9.45. The SMILES string of the molecule is Cc1oc(-c2ccco2)nc1CC(=O)Nc1ccc(OCc2cccc(F)c2)c(F)c1. The fourth-order valence-corrected chi connectivity index (χ4v) is 2.94. The summed E-state index contributed by atoms with van der Waals surface area (Å²) in [6, 6.07) is 13.4. The molecule has 158 valence electrons. The summed E-state index contributed by atoms with van der Waals surface area (Å²) in [7, 11) is 0. The van der Waals surface area contributed by atoms with Gasteiger partial charge in [0.15, 0.2) is 17.3 Å². The van der Waals surface area contributed by atoms with E-state index in [9.17, 15) is 13.6 Å². The Bertz CT molecular complexity index is 1200. The van der Waals surface area contributed by atoms with Gasteiger partial charge in [0.05, 0.1) is 18.4 Å². The molecule has 0 atom stereocenters. The third-order valence-corrected chi connectivity index (χ3v) is 4.45. The van der Waals surface area contributed by atoms with Gasteiger partial charge < -0.3 is 18.9 Å². The molecule has 8 heteroatoms. The number of rotatable bonds is 7. The second kappa shape index (κ2) is 8.83. The van der Waals surface area contributed by atoms with E-state index in [0.29, 0.717) is 22.8 Å². The summed E-state index contributed by atoms with van der Waals surface area (Å²) in [5.74, 6) is -0.172. The number of amides is 1. The smallest absolute Gasteiger partial charge is 0.263 e. The number of carbonyl (C=O) groups excluding carboxylic acids is 1. The van der Waals surface area contributed by atoms with Crippen molar-refractivity contribution >= 4 is 11.6 Å². The van der Waals surface area contributed by atoms with Gasteiger partial charge in [-0.2, -0.15) is 0 Å². The van der Waals surface area contributed by atoms with E-state index in [0.717, 1.165) is 6.07 Å². The molecule has 0 saturated carbocycles. The Labute approximate surface area is 176 Å². The van der Waals surface area contributed by atoms with Crippen molar-refractivity contribution in [2.75, 3.05) is 5.32 Å². The van der Waals surface area contributed by atoms with Crippen LogP contribution in [0.1, 0.15) is 17.0 Å². The van der Waals surface area contributed by atoms with E-state index in [1.54, 1.807) is 31.2 Å². The quantitative estimate of drug-likeness (QED) is 0.437. The highest BCUT2D eigenvalue weighted by Gasteiger charge is 2.17. The van der Waals surface area contributed by atoms with E-state index in [1.807, 2.05) is 0 Å². The van der Waals surface area contributed by atoms with Gasteiger partial charge in [-0.05, 0) is 48.9 Å². The van der Waals surface area contributed by atoms with Crippen LogP contribution >= 0.6 is 0 Å². The van der Waals surface area contributed by atoms with Crippen molar-refractivity contribution in [1.82, 2.24) is 4.98 Å². The summed E-state index contributed by atoms with van der Waals surface area (Å²) in [6.45, 7) is 1.72. The number of nitrogens with one attached hydrogen (secondary N) is 1. The number of aromatic nitrogens is 1. The Hall–Kier alpha value is -3.94. The Morgan fingerprint density at radius 1 is 1.13 bits per heavy atom. The minimum Gasteiger partial charge on any atom is -0.486 e. The molecule has 0 aliphatic carbocycles. The van der Waals surface area contributed by atoms with Gasteiger partial charge in [0.1, 0.15) is 18.2 Å². The summed E-state index contributed by atoms with van der Waals surface area (Å²) in [5.41, 5.74) is 1.31. The summed E-state index contributed by atoms with van der Waals surface area (Å²) in [5, 5.41) is 2.62. The van der Waals surface area contributed by atoms with Gasteiger partial charge in [0.25, 0.3) is 5.89 Å². The molecule has 0 spiro atoms. The zero-order chi connectivity index (χ0) is 21.8. The summed E-state index contributed by atoms with van der Waals surface area (Å²) in [4.78, 5) is 16.6. The number of carbonyl (C=O) groups is 1. The van der Waals surface area contributed by atoms with E-state index in [4.69, 9.17) is 13.6 Å². The van der Waals surface area contributed by atoms with Crippen LogP contribution in [0, 0.1) is 18.6 Å². The molecule has 0 saturated heterocycles. The van der Waals surface area contributed by atoms with E-state index >= 15 is 0 Å². The summed E-state index contributed by atoms with van der Waals surface area (Å²) in [6.07, 6.45) is 1.46.